The first-order valence-electron chi connectivity index (χ1n) is 8.74. The van der Waals surface area contributed by atoms with Crippen molar-refractivity contribution < 1.29 is 18.7 Å². The van der Waals surface area contributed by atoms with Crippen LogP contribution in [-0.4, -0.2) is 35.2 Å². The minimum absolute atomic E-state index is 0.0797. The summed E-state index contributed by atoms with van der Waals surface area (Å²) in [7, 11) is 0. The van der Waals surface area contributed by atoms with Crippen molar-refractivity contribution in [3.63, 3.8) is 0 Å². The Morgan fingerprint density at radius 1 is 1.25 bits per heavy atom. The fourth-order valence-corrected chi connectivity index (χ4v) is 3.68. The minimum Gasteiger partial charge on any atom is -0.477 e. The van der Waals surface area contributed by atoms with Crippen molar-refractivity contribution in [3.05, 3.63) is 63.9 Å². The highest BCUT2D eigenvalue weighted by atomic mass is 19.1. The molecular weight excluding hydrogens is 368 g/mol. The van der Waals surface area contributed by atoms with Gasteiger partial charge in [0.15, 0.2) is 0 Å². The highest BCUT2D eigenvalue weighted by Gasteiger charge is 2.28. The van der Waals surface area contributed by atoms with E-state index in [9.17, 15) is 19.1 Å². The first kappa shape index (κ1) is 18.1. The predicted octanol–water partition coefficient (Wildman–Crippen LogP) is 2.71. The number of H-pyrrole nitrogens is 1. The molecule has 0 saturated carbocycles. The van der Waals surface area contributed by atoms with E-state index in [4.69, 9.17) is 5.73 Å². The maximum Gasteiger partial charge on any atom is 0.341 e. The van der Waals surface area contributed by atoms with Gasteiger partial charge >= 0.3 is 5.97 Å². The summed E-state index contributed by atoms with van der Waals surface area (Å²) in [6.07, 6.45) is 1.78. The number of carboxylic acid groups (broad SMARTS) is 1. The van der Waals surface area contributed by atoms with E-state index in [-0.39, 0.29) is 17.1 Å². The van der Waals surface area contributed by atoms with Crippen LogP contribution in [0, 0.1) is 11.6 Å². The number of pyridine rings is 1. The molecular formula is C20H17F2N3O3. The maximum absolute atomic E-state index is 15.2. The summed E-state index contributed by atoms with van der Waals surface area (Å²) < 4.78 is 28.6. The second-order valence-corrected chi connectivity index (χ2v) is 6.84. The van der Waals surface area contributed by atoms with Gasteiger partial charge in [-0.1, -0.05) is 12.1 Å². The van der Waals surface area contributed by atoms with Gasteiger partial charge in [-0.2, -0.15) is 0 Å². The van der Waals surface area contributed by atoms with Gasteiger partial charge in [0.1, 0.15) is 17.2 Å². The molecule has 3 aromatic rings. The zero-order chi connectivity index (χ0) is 20.0. The lowest BCUT2D eigenvalue weighted by molar-refractivity contribution is 0.0695. The van der Waals surface area contributed by atoms with Gasteiger partial charge in [-0.05, 0) is 30.2 Å². The summed E-state index contributed by atoms with van der Waals surface area (Å²) in [5.74, 6) is -2.51. The van der Waals surface area contributed by atoms with Gasteiger partial charge in [0, 0.05) is 30.9 Å². The van der Waals surface area contributed by atoms with Gasteiger partial charge in [-0.15, -0.1) is 0 Å². The molecule has 0 amide bonds. The van der Waals surface area contributed by atoms with E-state index in [0.717, 1.165) is 12.3 Å². The number of benzene rings is 2. The number of hydrogen-bond donors (Lipinski definition) is 3. The van der Waals surface area contributed by atoms with Crippen LogP contribution in [-0.2, 0) is 0 Å². The first-order valence-corrected chi connectivity index (χ1v) is 8.74. The Bertz CT molecular complexity index is 1140. The number of anilines is 1. The summed E-state index contributed by atoms with van der Waals surface area (Å²) in [5, 5.41) is 9.11. The summed E-state index contributed by atoms with van der Waals surface area (Å²) in [4.78, 5) is 28.5. The Hall–Kier alpha value is -3.26. The SMILES string of the molecule is NC1CCN(c2c(F)cc3c(=O)c(C(=O)O)c[nH]c3c2-c2ccc(F)cc2)C1. The molecule has 0 spiro atoms. The van der Waals surface area contributed by atoms with Crippen molar-refractivity contribution >= 4 is 22.6 Å². The van der Waals surface area contributed by atoms with E-state index < -0.39 is 28.6 Å². The van der Waals surface area contributed by atoms with Gasteiger partial charge in [0.2, 0.25) is 5.43 Å². The number of aromatic amines is 1. The topological polar surface area (TPSA) is 99.4 Å². The molecule has 1 saturated heterocycles. The second-order valence-electron chi connectivity index (χ2n) is 6.84. The van der Waals surface area contributed by atoms with Gasteiger partial charge in [0.25, 0.3) is 0 Å². The van der Waals surface area contributed by atoms with Crippen molar-refractivity contribution in [2.24, 2.45) is 5.73 Å². The van der Waals surface area contributed by atoms with E-state index in [1.165, 1.54) is 24.3 Å². The van der Waals surface area contributed by atoms with E-state index in [1.54, 1.807) is 4.90 Å². The van der Waals surface area contributed by atoms with Crippen LogP contribution in [0.1, 0.15) is 16.8 Å². The predicted molar refractivity (Wildman–Crippen MR) is 102 cm³/mol. The highest BCUT2D eigenvalue weighted by Crippen LogP contribution is 2.39. The molecule has 2 aromatic carbocycles. The van der Waals surface area contributed by atoms with E-state index in [1.807, 2.05) is 0 Å². The van der Waals surface area contributed by atoms with Gasteiger partial charge in [0.05, 0.1) is 16.6 Å². The highest BCUT2D eigenvalue weighted by molar-refractivity contribution is 6.03. The Balaban J connectivity index is 2.08. The molecule has 6 nitrogen and oxygen atoms in total. The lowest BCUT2D eigenvalue weighted by Crippen LogP contribution is -2.27. The van der Waals surface area contributed by atoms with E-state index in [2.05, 4.69) is 4.98 Å². The molecule has 1 atom stereocenters. The van der Waals surface area contributed by atoms with Crippen molar-refractivity contribution in [2.75, 3.05) is 18.0 Å². The number of carboxylic acids is 1. The number of carbonyl (C=O) groups is 1. The zero-order valence-corrected chi connectivity index (χ0v) is 14.7. The molecule has 144 valence electrons. The fraction of sp³-hybridized carbons (Fsp3) is 0.200. The van der Waals surface area contributed by atoms with Crippen molar-refractivity contribution in [1.82, 2.24) is 4.98 Å². The number of rotatable bonds is 3. The summed E-state index contributed by atoms with van der Waals surface area (Å²) >= 11 is 0. The van der Waals surface area contributed by atoms with Crippen LogP contribution >= 0.6 is 0 Å². The number of nitrogens with zero attached hydrogens (tertiary/aromatic N) is 1. The molecule has 4 N–H and O–H groups in total. The Labute approximate surface area is 158 Å². The third-order valence-electron chi connectivity index (χ3n) is 5.01. The summed E-state index contributed by atoms with van der Waals surface area (Å²) in [6.45, 7) is 0.975. The molecule has 8 heteroatoms. The second kappa shape index (κ2) is 6.72. The number of hydrogen-bond acceptors (Lipinski definition) is 4. The molecule has 0 radical (unpaired) electrons. The first-order chi connectivity index (χ1) is 13.4. The molecule has 2 heterocycles. The summed E-state index contributed by atoms with van der Waals surface area (Å²) in [6, 6.07) is 6.42. The van der Waals surface area contributed by atoms with Gasteiger partial charge in [-0.3, -0.25) is 4.79 Å². The molecule has 1 aromatic heterocycles. The van der Waals surface area contributed by atoms with Gasteiger partial charge < -0.3 is 20.7 Å². The zero-order valence-electron chi connectivity index (χ0n) is 14.7. The number of halogens is 2. The minimum atomic E-state index is -1.40. The standard InChI is InChI=1S/C20H17F2N3O3/c21-11-3-1-10(2-4-11)16-17-13(19(26)14(8-24-17)20(27)28)7-15(22)18(16)25-6-5-12(23)9-25/h1-4,7-8,12H,5-6,9,23H2,(H,24,26)(H,27,28). The number of nitrogens with two attached hydrogens (primary N) is 1. The number of fused-ring (bicyclic) bond motifs is 1. The summed E-state index contributed by atoms with van der Waals surface area (Å²) in [5.41, 5.74) is 6.13. The average molecular weight is 385 g/mol. The molecule has 1 fully saturated rings. The Morgan fingerprint density at radius 3 is 2.57 bits per heavy atom. The molecule has 0 aliphatic carbocycles. The number of aromatic nitrogens is 1. The molecule has 1 aliphatic rings. The Kier molecular flexibility index (Phi) is 4.35. The van der Waals surface area contributed by atoms with Crippen molar-refractivity contribution in [3.8, 4) is 11.1 Å². The van der Waals surface area contributed by atoms with E-state index in [0.29, 0.717) is 36.2 Å². The molecule has 4 rings (SSSR count). The van der Waals surface area contributed by atoms with Gasteiger partial charge in [-0.25, -0.2) is 13.6 Å². The van der Waals surface area contributed by atoms with Crippen molar-refractivity contribution in [1.29, 1.82) is 0 Å². The number of nitrogens with one attached hydrogen (secondary N) is 1. The molecule has 0 bridgehead atoms. The van der Waals surface area contributed by atoms with Crippen molar-refractivity contribution in [2.45, 2.75) is 12.5 Å². The smallest absolute Gasteiger partial charge is 0.341 e. The van der Waals surface area contributed by atoms with E-state index >= 15 is 4.39 Å². The van der Waals surface area contributed by atoms with Crippen LogP contribution in [0.5, 0.6) is 0 Å². The largest absolute Gasteiger partial charge is 0.477 e. The van der Waals surface area contributed by atoms with Crippen LogP contribution in [0.2, 0.25) is 0 Å². The van der Waals surface area contributed by atoms with Crippen LogP contribution in [0.3, 0.4) is 0 Å². The fourth-order valence-electron chi connectivity index (χ4n) is 3.68. The third kappa shape index (κ3) is 2.91. The average Bonchev–Trinajstić information content (AvgIpc) is 3.08. The normalized spacial score (nSPS) is 16.7. The molecule has 1 aliphatic heterocycles. The Morgan fingerprint density at radius 2 is 1.96 bits per heavy atom. The third-order valence-corrected chi connectivity index (χ3v) is 5.01. The quantitative estimate of drug-likeness (QED) is 0.644. The monoisotopic (exact) mass is 385 g/mol. The molecule has 1 unspecified atom stereocenters. The van der Waals surface area contributed by atoms with Crippen LogP contribution in [0.4, 0.5) is 14.5 Å². The molecule has 28 heavy (non-hydrogen) atoms. The lowest BCUT2D eigenvalue weighted by atomic mass is 9.97. The van der Waals surface area contributed by atoms with Crippen LogP contribution < -0.4 is 16.1 Å². The van der Waals surface area contributed by atoms with Crippen LogP contribution in [0.15, 0.2) is 41.3 Å². The van der Waals surface area contributed by atoms with Crippen LogP contribution in [0.25, 0.3) is 22.0 Å². The maximum atomic E-state index is 15.2. The number of aromatic carboxylic acids is 1. The lowest BCUT2D eigenvalue weighted by Gasteiger charge is -2.24.